The summed E-state index contributed by atoms with van der Waals surface area (Å²) >= 11 is 0. The lowest BCUT2D eigenvalue weighted by Gasteiger charge is -2.32. The van der Waals surface area contributed by atoms with Gasteiger partial charge in [-0.15, -0.1) is 0 Å². The Hall–Kier alpha value is -1.38. The highest BCUT2D eigenvalue weighted by molar-refractivity contribution is 6.06. The Morgan fingerprint density at radius 1 is 1.36 bits per heavy atom. The minimum atomic E-state index is -0.401. The van der Waals surface area contributed by atoms with Gasteiger partial charge in [-0.2, -0.15) is 0 Å². The fourth-order valence-electron chi connectivity index (χ4n) is 1.63. The van der Waals surface area contributed by atoms with Gasteiger partial charge < -0.3 is 5.32 Å². The summed E-state index contributed by atoms with van der Waals surface area (Å²) in [6, 6.07) is 0. The Labute approximate surface area is 64.2 Å². The van der Waals surface area contributed by atoms with Crippen LogP contribution in [0, 0.1) is 5.92 Å². The van der Waals surface area contributed by atoms with Crippen LogP contribution in [0.3, 0.4) is 0 Å². The number of dihydropyridines is 2. The van der Waals surface area contributed by atoms with Crippen molar-refractivity contribution in [1.82, 2.24) is 5.32 Å². The predicted octanol–water partition coefficient (Wildman–Crippen LogP) is 0.468. The summed E-state index contributed by atoms with van der Waals surface area (Å²) in [5, 5.41) is 3.14. The Kier molecular flexibility index (Phi) is 0.695. The van der Waals surface area contributed by atoms with Crippen molar-refractivity contribution in [3.05, 3.63) is 23.9 Å². The number of aliphatic imine (C=N–C) groups is 2. The molecule has 3 heteroatoms. The van der Waals surface area contributed by atoms with Crippen LogP contribution < -0.4 is 5.32 Å². The molecule has 0 aliphatic carbocycles. The summed E-state index contributed by atoms with van der Waals surface area (Å²) in [5.41, 5.74) is 1.12. The standard InChI is InChI=1S/C8H7N3/c1-2-9-8-7(1)3-6(4-10-8)5-11-8/h1-5,7,9H. The summed E-state index contributed by atoms with van der Waals surface area (Å²) in [4.78, 5) is 8.65. The van der Waals surface area contributed by atoms with Crippen LogP contribution in [0.15, 0.2) is 33.9 Å². The Bertz CT molecular complexity index is 306. The van der Waals surface area contributed by atoms with Crippen molar-refractivity contribution in [2.45, 2.75) is 5.79 Å². The molecule has 0 aromatic rings. The van der Waals surface area contributed by atoms with Gasteiger partial charge in [0, 0.05) is 18.0 Å². The smallest absolute Gasteiger partial charge is 0.234 e. The highest BCUT2D eigenvalue weighted by Gasteiger charge is 2.41. The lowest BCUT2D eigenvalue weighted by molar-refractivity contribution is 0.362. The van der Waals surface area contributed by atoms with Crippen LogP contribution in [0.1, 0.15) is 0 Å². The second kappa shape index (κ2) is 1.44. The van der Waals surface area contributed by atoms with Crippen molar-refractivity contribution < 1.29 is 0 Å². The van der Waals surface area contributed by atoms with Gasteiger partial charge in [-0.1, -0.05) is 12.2 Å². The predicted molar refractivity (Wildman–Crippen MR) is 43.6 cm³/mol. The number of nitrogens with one attached hydrogen (secondary N) is 1. The molecule has 4 rings (SSSR count). The highest BCUT2D eigenvalue weighted by atomic mass is 15.3. The molecule has 1 unspecified atom stereocenters. The molecule has 2 bridgehead atoms. The molecule has 54 valence electrons. The van der Waals surface area contributed by atoms with Gasteiger partial charge in [0.15, 0.2) is 0 Å². The maximum Gasteiger partial charge on any atom is 0.234 e. The van der Waals surface area contributed by atoms with Gasteiger partial charge >= 0.3 is 0 Å². The Balaban J connectivity index is 2.22. The zero-order valence-electron chi connectivity index (χ0n) is 5.86. The Morgan fingerprint density at radius 3 is 2.91 bits per heavy atom. The van der Waals surface area contributed by atoms with E-state index in [1.165, 1.54) is 0 Å². The topological polar surface area (TPSA) is 36.8 Å². The first-order chi connectivity index (χ1) is 5.39. The third-order valence-electron chi connectivity index (χ3n) is 2.26. The van der Waals surface area contributed by atoms with Crippen molar-refractivity contribution in [2.24, 2.45) is 15.9 Å². The van der Waals surface area contributed by atoms with Crippen molar-refractivity contribution in [3.8, 4) is 0 Å². The van der Waals surface area contributed by atoms with E-state index < -0.39 is 5.79 Å². The van der Waals surface area contributed by atoms with E-state index in [-0.39, 0.29) is 0 Å². The van der Waals surface area contributed by atoms with Gasteiger partial charge in [0.05, 0.1) is 5.92 Å². The first kappa shape index (κ1) is 5.29. The largest absolute Gasteiger partial charge is 0.349 e. The van der Waals surface area contributed by atoms with E-state index in [0.29, 0.717) is 5.92 Å². The molecule has 4 aliphatic heterocycles. The number of allylic oxidation sites excluding steroid dienone is 1. The summed E-state index contributed by atoms with van der Waals surface area (Å²) in [6.07, 6.45) is 9.92. The molecule has 3 nitrogen and oxygen atoms in total. The van der Waals surface area contributed by atoms with Crippen LogP contribution in [0.4, 0.5) is 0 Å². The number of nitrogens with zero attached hydrogens (tertiary/aromatic N) is 2. The van der Waals surface area contributed by atoms with Crippen molar-refractivity contribution in [3.63, 3.8) is 0 Å². The van der Waals surface area contributed by atoms with Gasteiger partial charge in [-0.05, 0) is 6.20 Å². The van der Waals surface area contributed by atoms with Crippen LogP contribution >= 0.6 is 0 Å². The van der Waals surface area contributed by atoms with Crippen molar-refractivity contribution >= 4 is 12.4 Å². The van der Waals surface area contributed by atoms with E-state index in [1.54, 1.807) is 0 Å². The van der Waals surface area contributed by atoms with Gasteiger partial charge in [0.25, 0.3) is 0 Å². The molecule has 1 spiro atoms. The third-order valence-corrected chi connectivity index (χ3v) is 2.26. The number of hydrogen-bond donors (Lipinski definition) is 1. The normalized spacial score (nSPS) is 42.2. The van der Waals surface area contributed by atoms with Crippen molar-refractivity contribution in [2.75, 3.05) is 0 Å². The van der Waals surface area contributed by atoms with Gasteiger partial charge in [-0.3, -0.25) is 0 Å². The van der Waals surface area contributed by atoms with Crippen LogP contribution in [0.5, 0.6) is 0 Å². The van der Waals surface area contributed by atoms with Gasteiger partial charge in [0.2, 0.25) is 5.79 Å². The molecule has 4 aliphatic rings. The van der Waals surface area contributed by atoms with Gasteiger partial charge in [-0.25, -0.2) is 9.98 Å². The molecule has 1 N–H and O–H groups in total. The first-order valence-electron chi connectivity index (χ1n) is 3.66. The van der Waals surface area contributed by atoms with Crippen molar-refractivity contribution in [1.29, 1.82) is 0 Å². The van der Waals surface area contributed by atoms with E-state index in [4.69, 9.17) is 0 Å². The number of hydrogen-bond acceptors (Lipinski definition) is 3. The molecule has 4 heterocycles. The van der Waals surface area contributed by atoms with Crippen LogP contribution in [-0.2, 0) is 0 Å². The minimum Gasteiger partial charge on any atom is -0.349 e. The molecule has 0 fully saturated rings. The SMILES string of the molecule is C1=CC2C=C3C=NC2(N=C3)N1. The van der Waals surface area contributed by atoms with E-state index in [2.05, 4.69) is 27.5 Å². The monoisotopic (exact) mass is 145 g/mol. The molecular weight excluding hydrogens is 138 g/mol. The zero-order valence-corrected chi connectivity index (χ0v) is 5.86. The van der Waals surface area contributed by atoms with Gasteiger partial charge in [0.1, 0.15) is 0 Å². The maximum atomic E-state index is 4.33. The first-order valence-corrected chi connectivity index (χ1v) is 3.66. The Morgan fingerprint density at radius 2 is 2.18 bits per heavy atom. The van der Waals surface area contributed by atoms with E-state index in [0.717, 1.165) is 5.57 Å². The lowest BCUT2D eigenvalue weighted by Crippen LogP contribution is -2.44. The van der Waals surface area contributed by atoms with Crippen LogP contribution in [-0.4, -0.2) is 18.2 Å². The lowest BCUT2D eigenvalue weighted by atomic mass is 9.95. The second-order valence-electron chi connectivity index (χ2n) is 2.94. The molecule has 0 saturated carbocycles. The minimum absolute atomic E-state index is 0.326. The summed E-state index contributed by atoms with van der Waals surface area (Å²) in [5.74, 6) is -0.0747. The summed E-state index contributed by atoms with van der Waals surface area (Å²) < 4.78 is 0. The second-order valence-corrected chi connectivity index (χ2v) is 2.94. The van der Waals surface area contributed by atoms with Crippen LogP contribution in [0.2, 0.25) is 0 Å². The average molecular weight is 145 g/mol. The van der Waals surface area contributed by atoms with E-state index in [1.807, 2.05) is 18.6 Å². The quantitative estimate of drug-likeness (QED) is 0.528. The molecule has 0 aromatic carbocycles. The van der Waals surface area contributed by atoms with E-state index >= 15 is 0 Å². The summed E-state index contributed by atoms with van der Waals surface area (Å²) in [6.45, 7) is 0. The molecule has 0 amide bonds. The zero-order chi connectivity index (χ0) is 7.31. The molecule has 11 heavy (non-hydrogen) atoms. The third kappa shape index (κ3) is 0.495. The average Bonchev–Trinajstić information content (AvgIpc) is 2.47. The fraction of sp³-hybridized carbons (Fsp3) is 0.250. The van der Waals surface area contributed by atoms with E-state index in [9.17, 15) is 0 Å². The van der Waals surface area contributed by atoms with Crippen LogP contribution in [0.25, 0.3) is 0 Å². The molecule has 1 atom stereocenters. The number of rotatable bonds is 0. The molecule has 0 radical (unpaired) electrons. The molecule has 0 saturated heterocycles. The highest BCUT2D eigenvalue weighted by Crippen LogP contribution is 2.34. The fourth-order valence-corrected chi connectivity index (χ4v) is 1.63. The molecular formula is C8H7N3. The summed E-state index contributed by atoms with van der Waals surface area (Å²) in [7, 11) is 0. The molecule has 0 aromatic heterocycles. The maximum absolute atomic E-state index is 4.33.